The van der Waals surface area contributed by atoms with Gasteiger partial charge < -0.3 is 25.0 Å². The number of amides is 1. The zero-order valence-electron chi connectivity index (χ0n) is 16.3. The van der Waals surface area contributed by atoms with Crippen LogP contribution in [-0.4, -0.2) is 56.9 Å². The van der Waals surface area contributed by atoms with Gasteiger partial charge in [-0.05, 0) is 45.7 Å². The Hall–Kier alpha value is -2.15. The molecule has 2 saturated heterocycles. The number of nitrogens with one attached hydrogen (secondary N) is 1. The van der Waals surface area contributed by atoms with Crippen LogP contribution in [-0.2, 0) is 4.74 Å². The van der Waals surface area contributed by atoms with Gasteiger partial charge in [0.2, 0.25) is 0 Å². The minimum absolute atomic E-state index is 0.516. The molecule has 0 spiro atoms. The lowest BCUT2D eigenvalue weighted by Crippen LogP contribution is -2.28. The van der Waals surface area contributed by atoms with Gasteiger partial charge in [0.1, 0.15) is 11.4 Å². The Balaban J connectivity index is 1.77. The van der Waals surface area contributed by atoms with Crippen LogP contribution in [0.3, 0.4) is 0 Å². The van der Waals surface area contributed by atoms with Gasteiger partial charge in [-0.1, -0.05) is 0 Å². The normalized spacial score (nSPS) is 23.0. The van der Waals surface area contributed by atoms with Crippen LogP contribution in [0.1, 0.15) is 20.8 Å². The van der Waals surface area contributed by atoms with E-state index in [-0.39, 0.29) is 0 Å². The highest BCUT2D eigenvalue weighted by Crippen LogP contribution is 2.40. The zero-order valence-corrected chi connectivity index (χ0v) is 16.3. The summed E-state index contributed by atoms with van der Waals surface area (Å²) in [4.78, 5) is 16.8. The number of methoxy groups -OCH3 is 1. The maximum absolute atomic E-state index is 12.1. The molecule has 2 aliphatic rings. The first kappa shape index (κ1) is 18.6. The number of benzene rings is 1. The maximum atomic E-state index is 12.1. The highest BCUT2D eigenvalue weighted by atomic mass is 16.6. The van der Waals surface area contributed by atoms with E-state index in [1.54, 1.807) is 13.2 Å². The van der Waals surface area contributed by atoms with E-state index in [0.29, 0.717) is 29.0 Å². The minimum atomic E-state index is -0.566. The van der Waals surface area contributed by atoms with Crippen molar-refractivity contribution in [1.82, 2.24) is 4.90 Å². The number of nitrogens with zero attached hydrogens (tertiary/aromatic N) is 2. The molecular weight excluding hydrogens is 332 g/mol. The Morgan fingerprint density at radius 3 is 2.35 bits per heavy atom. The third-order valence-corrected chi connectivity index (χ3v) is 4.99. The number of fused-ring (bicyclic) bond motifs is 1. The second-order valence-electron chi connectivity index (χ2n) is 8.38. The highest BCUT2D eigenvalue weighted by Gasteiger charge is 2.39. The van der Waals surface area contributed by atoms with Crippen molar-refractivity contribution in [3.63, 3.8) is 0 Å². The largest absolute Gasteiger partial charge is 0.494 e. The Kier molecular flexibility index (Phi) is 4.92. The van der Waals surface area contributed by atoms with Crippen molar-refractivity contribution in [3.05, 3.63) is 12.1 Å². The second-order valence-corrected chi connectivity index (χ2v) is 8.38. The van der Waals surface area contributed by atoms with Gasteiger partial charge in [0.15, 0.2) is 0 Å². The molecular formula is C19H30N4O3. The molecule has 144 valence electrons. The van der Waals surface area contributed by atoms with E-state index in [1.807, 2.05) is 26.8 Å². The third-order valence-electron chi connectivity index (χ3n) is 4.99. The van der Waals surface area contributed by atoms with E-state index >= 15 is 0 Å². The highest BCUT2D eigenvalue weighted by molar-refractivity contribution is 5.90. The summed E-state index contributed by atoms with van der Waals surface area (Å²) in [6, 6.07) is 3.66. The van der Waals surface area contributed by atoms with Crippen molar-refractivity contribution < 1.29 is 14.3 Å². The molecule has 7 nitrogen and oxygen atoms in total. The predicted molar refractivity (Wildman–Crippen MR) is 104 cm³/mol. The van der Waals surface area contributed by atoms with Crippen LogP contribution in [0.25, 0.3) is 0 Å². The molecule has 1 aromatic rings. The van der Waals surface area contributed by atoms with E-state index in [1.165, 1.54) is 0 Å². The first-order valence-corrected chi connectivity index (χ1v) is 9.07. The van der Waals surface area contributed by atoms with Crippen LogP contribution in [0.15, 0.2) is 12.1 Å². The van der Waals surface area contributed by atoms with Crippen LogP contribution in [0.4, 0.5) is 21.9 Å². The van der Waals surface area contributed by atoms with Gasteiger partial charge in [-0.2, -0.15) is 0 Å². The van der Waals surface area contributed by atoms with Gasteiger partial charge >= 0.3 is 6.09 Å². The Morgan fingerprint density at radius 2 is 1.81 bits per heavy atom. The molecule has 7 heteroatoms. The van der Waals surface area contributed by atoms with Crippen LogP contribution in [0.2, 0.25) is 0 Å². The lowest BCUT2D eigenvalue weighted by Gasteiger charge is -2.25. The Labute approximate surface area is 155 Å². The second kappa shape index (κ2) is 6.87. The van der Waals surface area contributed by atoms with E-state index in [4.69, 9.17) is 15.2 Å². The van der Waals surface area contributed by atoms with Gasteiger partial charge in [-0.3, -0.25) is 5.32 Å². The van der Waals surface area contributed by atoms with Gasteiger partial charge in [0.25, 0.3) is 0 Å². The zero-order chi connectivity index (χ0) is 19.1. The van der Waals surface area contributed by atoms with Crippen molar-refractivity contribution in [2.24, 2.45) is 11.8 Å². The van der Waals surface area contributed by atoms with Gasteiger partial charge in [0, 0.05) is 32.2 Å². The first-order valence-electron chi connectivity index (χ1n) is 9.07. The maximum Gasteiger partial charge on any atom is 0.412 e. The quantitative estimate of drug-likeness (QED) is 0.805. The van der Waals surface area contributed by atoms with Crippen molar-refractivity contribution in [3.8, 4) is 5.75 Å². The SMILES string of the molecule is COc1cc(N2C[C@H]3CN(C)C[C@H]3C2)c(N)cc1NC(=O)OC(C)(C)C. The molecule has 2 fully saturated rings. The monoisotopic (exact) mass is 362 g/mol. The summed E-state index contributed by atoms with van der Waals surface area (Å²) >= 11 is 0. The third kappa shape index (κ3) is 3.98. The molecule has 2 atom stereocenters. The van der Waals surface area contributed by atoms with Crippen LogP contribution in [0, 0.1) is 11.8 Å². The molecule has 0 aliphatic carbocycles. The van der Waals surface area contributed by atoms with Gasteiger partial charge in [0.05, 0.1) is 24.2 Å². The number of carbonyl (C=O) groups excluding carboxylic acids is 1. The van der Waals surface area contributed by atoms with Crippen molar-refractivity contribution in [2.45, 2.75) is 26.4 Å². The summed E-state index contributed by atoms with van der Waals surface area (Å²) in [6.45, 7) is 9.74. The molecule has 2 heterocycles. The fourth-order valence-corrected chi connectivity index (χ4v) is 3.96. The molecule has 0 unspecified atom stereocenters. The van der Waals surface area contributed by atoms with Crippen LogP contribution < -0.4 is 20.7 Å². The molecule has 0 radical (unpaired) electrons. The Bertz CT molecular complexity index is 672. The number of hydrogen-bond acceptors (Lipinski definition) is 6. The molecule has 1 amide bonds. The van der Waals surface area contributed by atoms with Gasteiger partial charge in [-0.15, -0.1) is 0 Å². The molecule has 26 heavy (non-hydrogen) atoms. The molecule has 0 saturated carbocycles. The Morgan fingerprint density at radius 1 is 1.19 bits per heavy atom. The summed E-state index contributed by atoms with van der Waals surface area (Å²) in [6.07, 6.45) is -0.526. The predicted octanol–water partition coefficient (Wildman–Crippen LogP) is 2.62. The average molecular weight is 362 g/mol. The van der Waals surface area contributed by atoms with Crippen molar-refractivity contribution >= 4 is 23.2 Å². The van der Waals surface area contributed by atoms with Crippen LogP contribution >= 0.6 is 0 Å². The lowest BCUT2D eigenvalue weighted by molar-refractivity contribution is 0.0635. The van der Waals surface area contributed by atoms with E-state index in [2.05, 4.69) is 22.2 Å². The topological polar surface area (TPSA) is 80.1 Å². The average Bonchev–Trinajstić information content (AvgIpc) is 3.02. The summed E-state index contributed by atoms with van der Waals surface area (Å²) in [5.74, 6) is 1.95. The van der Waals surface area contributed by atoms with E-state index in [0.717, 1.165) is 31.9 Å². The smallest absolute Gasteiger partial charge is 0.412 e. The summed E-state index contributed by atoms with van der Waals surface area (Å²) in [7, 11) is 3.76. The summed E-state index contributed by atoms with van der Waals surface area (Å²) < 4.78 is 10.8. The van der Waals surface area contributed by atoms with Crippen LogP contribution in [0.5, 0.6) is 5.75 Å². The summed E-state index contributed by atoms with van der Waals surface area (Å²) in [5, 5.41) is 2.73. The van der Waals surface area contributed by atoms with E-state index in [9.17, 15) is 4.79 Å². The number of nitrogens with two attached hydrogens (primary N) is 1. The van der Waals surface area contributed by atoms with Gasteiger partial charge in [-0.25, -0.2) is 4.79 Å². The van der Waals surface area contributed by atoms with E-state index < -0.39 is 11.7 Å². The minimum Gasteiger partial charge on any atom is -0.494 e. The molecule has 3 rings (SSSR count). The number of anilines is 3. The number of likely N-dealkylation sites (tertiary alicyclic amines) is 1. The lowest BCUT2D eigenvalue weighted by atomic mass is 10.0. The fraction of sp³-hybridized carbons (Fsp3) is 0.632. The molecule has 3 N–H and O–H groups in total. The molecule has 0 aromatic heterocycles. The number of carbonyl (C=O) groups is 1. The number of rotatable bonds is 3. The molecule has 1 aromatic carbocycles. The molecule has 0 bridgehead atoms. The first-order chi connectivity index (χ1) is 12.2. The fourth-order valence-electron chi connectivity index (χ4n) is 3.96. The van der Waals surface area contributed by atoms with Crippen molar-refractivity contribution in [1.29, 1.82) is 0 Å². The number of hydrogen-bond donors (Lipinski definition) is 2. The summed E-state index contributed by atoms with van der Waals surface area (Å²) in [5.41, 5.74) is 7.85. The number of nitrogen functional groups attached to an aromatic ring is 1. The standard InChI is InChI=1S/C19H30N4O3/c1-19(2,3)26-18(24)21-15-6-14(20)16(7-17(15)25-5)23-10-12-8-22(4)9-13(12)11-23/h6-7,12-13H,8-11,20H2,1-5H3,(H,21,24)/t12-,13+. The molecule has 2 aliphatic heterocycles. The van der Waals surface area contributed by atoms with Crippen molar-refractivity contribution in [2.75, 3.05) is 56.3 Å². The number of ether oxygens (including phenoxy) is 2.